The predicted molar refractivity (Wildman–Crippen MR) is 79.8 cm³/mol. The van der Waals surface area contributed by atoms with E-state index in [1.54, 1.807) is 7.11 Å². The van der Waals surface area contributed by atoms with Gasteiger partial charge in [0, 0.05) is 25.1 Å². The van der Waals surface area contributed by atoms with Crippen molar-refractivity contribution in [3.63, 3.8) is 0 Å². The van der Waals surface area contributed by atoms with Crippen molar-refractivity contribution in [3.05, 3.63) is 29.3 Å². The minimum atomic E-state index is -0.0502. The van der Waals surface area contributed by atoms with Gasteiger partial charge in [0.25, 0.3) is 0 Å². The molecule has 19 heavy (non-hydrogen) atoms. The highest BCUT2D eigenvalue weighted by Crippen LogP contribution is 2.21. The van der Waals surface area contributed by atoms with Gasteiger partial charge in [-0.05, 0) is 32.0 Å². The summed E-state index contributed by atoms with van der Waals surface area (Å²) in [6.07, 6.45) is 0.961. The molecule has 0 heterocycles. The van der Waals surface area contributed by atoms with Crippen LogP contribution in [0, 0.1) is 12.3 Å². The molecule has 1 N–H and O–H groups in total. The number of aliphatic hydroxyl groups excluding tert-OH is 1. The van der Waals surface area contributed by atoms with Gasteiger partial charge in [-0.1, -0.05) is 31.5 Å². The molecule has 0 aromatic heterocycles. The number of rotatable bonds is 7. The summed E-state index contributed by atoms with van der Waals surface area (Å²) in [7, 11) is 3.81. The maximum atomic E-state index is 9.30. The van der Waals surface area contributed by atoms with Gasteiger partial charge in [-0.15, -0.1) is 0 Å². The SMILES string of the molecule is COc1ccc(C)cc1CCN(C)CC(C)(C)CO. The topological polar surface area (TPSA) is 32.7 Å². The zero-order valence-corrected chi connectivity index (χ0v) is 12.9. The van der Waals surface area contributed by atoms with Crippen LogP contribution in [0.15, 0.2) is 18.2 Å². The lowest BCUT2D eigenvalue weighted by Crippen LogP contribution is -2.35. The average Bonchev–Trinajstić information content (AvgIpc) is 2.36. The molecule has 0 fully saturated rings. The van der Waals surface area contributed by atoms with Crippen molar-refractivity contribution in [1.82, 2.24) is 4.90 Å². The molecule has 0 aliphatic rings. The molecule has 0 saturated heterocycles. The van der Waals surface area contributed by atoms with Crippen molar-refractivity contribution in [1.29, 1.82) is 0 Å². The zero-order chi connectivity index (χ0) is 14.5. The third-order valence-electron chi connectivity index (χ3n) is 3.32. The van der Waals surface area contributed by atoms with E-state index in [0.717, 1.165) is 25.3 Å². The number of ether oxygens (including phenoxy) is 1. The van der Waals surface area contributed by atoms with Crippen LogP contribution in [0.1, 0.15) is 25.0 Å². The van der Waals surface area contributed by atoms with Gasteiger partial charge in [0.2, 0.25) is 0 Å². The van der Waals surface area contributed by atoms with E-state index in [4.69, 9.17) is 4.74 Å². The van der Waals surface area contributed by atoms with Gasteiger partial charge < -0.3 is 14.7 Å². The molecule has 0 radical (unpaired) electrons. The van der Waals surface area contributed by atoms with Gasteiger partial charge >= 0.3 is 0 Å². The van der Waals surface area contributed by atoms with Crippen LogP contribution < -0.4 is 4.74 Å². The molecule has 0 saturated carbocycles. The van der Waals surface area contributed by atoms with E-state index in [1.807, 2.05) is 6.07 Å². The normalized spacial score (nSPS) is 11.9. The molecule has 0 aliphatic heterocycles. The molecule has 0 amide bonds. The van der Waals surface area contributed by atoms with Crippen LogP contribution in [0.3, 0.4) is 0 Å². The molecule has 1 aromatic carbocycles. The van der Waals surface area contributed by atoms with E-state index in [9.17, 15) is 5.11 Å². The first-order chi connectivity index (χ1) is 8.88. The van der Waals surface area contributed by atoms with Gasteiger partial charge in [-0.25, -0.2) is 0 Å². The first-order valence-corrected chi connectivity index (χ1v) is 6.81. The Bertz CT molecular complexity index is 402. The minimum absolute atomic E-state index is 0.0502. The van der Waals surface area contributed by atoms with E-state index >= 15 is 0 Å². The number of aliphatic hydroxyl groups is 1. The summed E-state index contributed by atoms with van der Waals surface area (Å²) >= 11 is 0. The second-order valence-corrected chi connectivity index (χ2v) is 6.13. The molecular formula is C16H27NO2. The van der Waals surface area contributed by atoms with Crippen molar-refractivity contribution < 1.29 is 9.84 Å². The molecule has 0 bridgehead atoms. The highest BCUT2D eigenvalue weighted by molar-refractivity contribution is 5.37. The largest absolute Gasteiger partial charge is 0.496 e. The number of nitrogens with zero attached hydrogens (tertiary/aromatic N) is 1. The summed E-state index contributed by atoms with van der Waals surface area (Å²) < 4.78 is 5.40. The van der Waals surface area contributed by atoms with E-state index in [0.29, 0.717) is 0 Å². The van der Waals surface area contributed by atoms with E-state index in [-0.39, 0.29) is 12.0 Å². The zero-order valence-electron chi connectivity index (χ0n) is 12.9. The van der Waals surface area contributed by atoms with Crippen LogP contribution in [-0.4, -0.2) is 43.9 Å². The Morgan fingerprint density at radius 3 is 2.58 bits per heavy atom. The number of hydrogen-bond acceptors (Lipinski definition) is 3. The van der Waals surface area contributed by atoms with Gasteiger partial charge in [0.1, 0.15) is 5.75 Å². The molecule has 3 nitrogen and oxygen atoms in total. The summed E-state index contributed by atoms with van der Waals surface area (Å²) in [5.41, 5.74) is 2.45. The van der Waals surface area contributed by atoms with Crippen molar-refractivity contribution in [2.45, 2.75) is 27.2 Å². The standard InChI is InChI=1S/C16H27NO2/c1-13-6-7-15(19-5)14(10-13)8-9-17(4)11-16(2,3)12-18/h6-7,10,18H,8-9,11-12H2,1-5H3. The Morgan fingerprint density at radius 2 is 2.00 bits per heavy atom. The van der Waals surface area contributed by atoms with Gasteiger partial charge in [-0.3, -0.25) is 0 Å². The average molecular weight is 265 g/mol. The quantitative estimate of drug-likeness (QED) is 0.822. The smallest absolute Gasteiger partial charge is 0.122 e. The highest BCUT2D eigenvalue weighted by Gasteiger charge is 2.18. The van der Waals surface area contributed by atoms with Crippen molar-refractivity contribution in [2.24, 2.45) is 5.41 Å². The van der Waals surface area contributed by atoms with Crippen LogP contribution in [0.5, 0.6) is 5.75 Å². The Kier molecular flexibility index (Phi) is 5.83. The number of aryl methyl sites for hydroxylation is 1. The van der Waals surface area contributed by atoms with E-state index < -0.39 is 0 Å². The molecule has 0 aliphatic carbocycles. The lowest BCUT2D eigenvalue weighted by Gasteiger charge is -2.28. The summed E-state index contributed by atoms with van der Waals surface area (Å²) in [5, 5.41) is 9.30. The molecule has 1 aromatic rings. The van der Waals surface area contributed by atoms with Gasteiger partial charge in [0.15, 0.2) is 0 Å². The Morgan fingerprint density at radius 1 is 1.32 bits per heavy atom. The highest BCUT2D eigenvalue weighted by atomic mass is 16.5. The number of hydrogen-bond donors (Lipinski definition) is 1. The van der Waals surface area contributed by atoms with Gasteiger partial charge in [0.05, 0.1) is 7.11 Å². The fraction of sp³-hybridized carbons (Fsp3) is 0.625. The van der Waals surface area contributed by atoms with E-state index in [1.165, 1.54) is 11.1 Å². The Labute approximate surface area is 117 Å². The molecule has 108 valence electrons. The van der Waals surface area contributed by atoms with Gasteiger partial charge in [-0.2, -0.15) is 0 Å². The lowest BCUT2D eigenvalue weighted by atomic mass is 9.94. The Hall–Kier alpha value is -1.06. The molecule has 0 spiro atoms. The summed E-state index contributed by atoms with van der Waals surface area (Å²) in [5.74, 6) is 0.959. The number of likely N-dealkylation sites (N-methyl/N-ethyl adjacent to an activating group) is 1. The summed E-state index contributed by atoms with van der Waals surface area (Å²) in [4.78, 5) is 2.26. The number of methoxy groups -OCH3 is 1. The predicted octanol–water partition coefficient (Wildman–Crippen LogP) is 2.50. The number of benzene rings is 1. The monoisotopic (exact) mass is 265 g/mol. The molecule has 1 rings (SSSR count). The van der Waals surface area contributed by atoms with Crippen molar-refractivity contribution >= 4 is 0 Å². The van der Waals surface area contributed by atoms with Crippen molar-refractivity contribution in [2.75, 3.05) is 33.9 Å². The third-order valence-corrected chi connectivity index (χ3v) is 3.32. The molecule has 0 unspecified atom stereocenters. The van der Waals surface area contributed by atoms with Crippen LogP contribution in [0.2, 0.25) is 0 Å². The van der Waals surface area contributed by atoms with Crippen LogP contribution in [0.25, 0.3) is 0 Å². The van der Waals surface area contributed by atoms with Crippen molar-refractivity contribution in [3.8, 4) is 5.75 Å². The fourth-order valence-electron chi connectivity index (χ4n) is 2.27. The fourth-order valence-corrected chi connectivity index (χ4v) is 2.27. The van der Waals surface area contributed by atoms with Crippen LogP contribution >= 0.6 is 0 Å². The first-order valence-electron chi connectivity index (χ1n) is 6.81. The first kappa shape index (κ1) is 16.0. The second-order valence-electron chi connectivity index (χ2n) is 6.13. The molecule has 3 heteroatoms. The minimum Gasteiger partial charge on any atom is -0.496 e. The van der Waals surface area contributed by atoms with Crippen LogP contribution in [-0.2, 0) is 6.42 Å². The maximum Gasteiger partial charge on any atom is 0.122 e. The van der Waals surface area contributed by atoms with Crippen LogP contribution in [0.4, 0.5) is 0 Å². The lowest BCUT2D eigenvalue weighted by molar-refractivity contribution is 0.116. The maximum absolute atomic E-state index is 9.30. The Balaban J connectivity index is 2.59. The van der Waals surface area contributed by atoms with E-state index in [2.05, 4.69) is 44.9 Å². The summed E-state index contributed by atoms with van der Waals surface area (Å²) in [6, 6.07) is 6.28. The second kappa shape index (κ2) is 6.92. The third kappa shape index (κ3) is 5.21. The molecular weight excluding hydrogens is 238 g/mol. The molecule has 0 atom stereocenters. The summed E-state index contributed by atoms with van der Waals surface area (Å²) in [6.45, 7) is 8.32.